The minimum Gasteiger partial charge on any atom is -0.332 e. The average molecular weight is 314 g/mol. The number of nitrogens with zero attached hydrogens (tertiary/aromatic N) is 3. The maximum Gasteiger partial charge on any atom is 0.463 e. The van der Waals surface area contributed by atoms with Crippen molar-refractivity contribution in [3.63, 3.8) is 0 Å². The molecular formula is C11H15F5N4O. The molecule has 21 heavy (non-hydrogen) atoms. The lowest BCUT2D eigenvalue weighted by Crippen LogP contribution is -2.36. The van der Waals surface area contributed by atoms with Gasteiger partial charge in [-0.25, -0.2) is 0 Å². The van der Waals surface area contributed by atoms with Crippen LogP contribution in [0.4, 0.5) is 22.0 Å². The fraction of sp³-hybridized carbons (Fsp3) is 0.818. The van der Waals surface area contributed by atoms with E-state index in [9.17, 15) is 22.0 Å². The maximum atomic E-state index is 13.0. The van der Waals surface area contributed by atoms with E-state index in [4.69, 9.17) is 5.73 Å². The summed E-state index contributed by atoms with van der Waals surface area (Å²) < 4.78 is 66.6. The Morgan fingerprint density at radius 1 is 1.14 bits per heavy atom. The van der Waals surface area contributed by atoms with E-state index in [1.807, 2.05) is 4.90 Å². The van der Waals surface area contributed by atoms with Gasteiger partial charge in [-0.05, 0) is 25.9 Å². The first kappa shape index (κ1) is 16.1. The van der Waals surface area contributed by atoms with Crippen molar-refractivity contribution in [1.29, 1.82) is 0 Å². The molecule has 10 heteroatoms. The van der Waals surface area contributed by atoms with E-state index in [0.717, 1.165) is 32.4 Å². The normalized spacial score (nSPS) is 19.7. The summed E-state index contributed by atoms with van der Waals surface area (Å²) in [5.41, 5.74) is 5.74. The summed E-state index contributed by atoms with van der Waals surface area (Å²) in [6.45, 7) is 1.89. The number of likely N-dealkylation sites (tertiary alicyclic amines) is 1. The zero-order chi connectivity index (χ0) is 15.7. The summed E-state index contributed by atoms with van der Waals surface area (Å²) in [5.74, 6) is -7.30. The first-order valence-corrected chi connectivity index (χ1v) is 6.48. The van der Waals surface area contributed by atoms with E-state index in [2.05, 4.69) is 14.7 Å². The molecule has 0 bridgehead atoms. The second-order valence-corrected chi connectivity index (χ2v) is 5.00. The molecule has 1 aromatic rings. The Balaban J connectivity index is 2.05. The lowest BCUT2D eigenvalue weighted by atomic mass is 10.1. The molecule has 2 heterocycles. The highest BCUT2D eigenvalue weighted by Crippen LogP contribution is 2.43. The molecule has 0 aliphatic carbocycles. The Morgan fingerprint density at radius 2 is 1.76 bits per heavy atom. The topological polar surface area (TPSA) is 68.2 Å². The molecule has 120 valence electrons. The summed E-state index contributed by atoms with van der Waals surface area (Å²) in [6, 6.07) is -0.871. The monoisotopic (exact) mass is 314 g/mol. The standard InChI is InChI=1S/C11H15F5N4O/c12-10(13,11(14,15)16)9-18-8(19-21-9)7(17)6-20-4-2-1-3-5-20/h7H,1-6,17H2. The predicted molar refractivity (Wildman–Crippen MR) is 61.5 cm³/mol. The zero-order valence-corrected chi connectivity index (χ0v) is 11.0. The van der Waals surface area contributed by atoms with Crippen LogP contribution in [0.25, 0.3) is 0 Å². The largest absolute Gasteiger partial charge is 0.463 e. The molecule has 1 aliphatic heterocycles. The van der Waals surface area contributed by atoms with Gasteiger partial charge < -0.3 is 15.2 Å². The summed E-state index contributed by atoms with van der Waals surface area (Å²) in [5, 5.41) is 3.14. The van der Waals surface area contributed by atoms with Crippen molar-refractivity contribution >= 4 is 0 Å². The van der Waals surface area contributed by atoms with Crippen molar-refractivity contribution in [2.45, 2.75) is 37.4 Å². The molecule has 1 atom stereocenters. The number of aromatic nitrogens is 2. The van der Waals surface area contributed by atoms with Crippen molar-refractivity contribution in [2.75, 3.05) is 19.6 Å². The second kappa shape index (κ2) is 5.84. The van der Waals surface area contributed by atoms with Crippen molar-refractivity contribution in [3.8, 4) is 0 Å². The van der Waals surface area contributed by atoms with Crippen LogP contribution in [-0.2, 0) is 5.92 Å². The molecule has 0 aromatic carbocycles. The van der Waals surface area contributed by atoms with E-state index in [1.54, 1.807) is 0 Å². The van der Waals surface area contributed by atoms with Gasteiger partial charge in [0.15, 0.2) is 5.82 Å². The van der Waals surface area contributed by atoms with Crippen molar-refractivity contribution in [2.24, 2.45) is 5.73 Å². The number of hydrogen-bond acceptors (Lipinski definition) is 5. The number of rotatable bonds is 4. The second-order valence-electron chi connectivity index (χ2n) is 5.00. The van der Waals surface area contributed by atoms with Crippen molar-refractivity contribution < 1.29 is 26.5 Å². The van der Waals surface area contributed by atoms with Gasteiger partial charge in [0.25, 0.3) is 0 Å². The highest BCUT2D eigenvalue weighted by atomic mass is 19.4. The van der Waals surface area contributed by atoms with Crippen LogP contribution in [-0.4, -0.2) is 40.9 Å². The third-order valence-corrected chi connectivity index (χ3v) is 3.30. The van der Waals surface area contributed by atoms with Crippen LogP contribution < -0.4 is 5.73 Å². The summed E-state index contributed by atoms with van der Waals surface area (Å²) in [6.07, 6.45) is -2.68. The van der Waals surface area contributed by atoms with Gasteiger partial charge >= 0.3 is 18.0 Å². The lowest BCUT2D eigenvalue weighted by Gasteiger charge is -2.27. The van der Waals surface area contributed by atoms with Gasteiger partial charge in [-0.1, -0.05) is 11.6 Å². The highest BCUT2D eigenvalue weighted by Gasteiger charge is 2.63. The zero-order valence-electron chi connectivity index (χ0n) is 11.0. The number of halogens is 5. The van der Waals surface area contributed by atoms with E-state index < -0.39 is 24.0 Å². The molecule has 1 aromatic heterocycles. The SMILES string of the molecule is NC(CN1CCCCC1)c1noc(C(F)(F)C(F)(F)F)n1. The lowest BCUT2D eigenvalue weighted by molar-refractivity contribution is -0.298. The molecule has 0 radical (unpaired) electrons. The minimum absolute atomic E-state index is 0.288. The van der Waals surface area contributed by atoms with Crippen LogP contribution in [0.15, 0.2) is 4.52 Å². The van der Waals surface area contributed by atoms with E-state index in [-0.39, 0.29) is 12.4 Å². The molecule has 1 saturated heterocycles. The average Bonchev–Trinajstić information content (AvgIpc) is 2.88. The van der Waals surface area contributed by atoms with E-state index >= 15 is 0 Å². The summed E-state index contributed by atoms with van der Waals surface area (Å²) in [7, 11) is 0. The van der Waals surface area contributed by atoms with Gasteiger partial charge in [0.2, 0.25) is 0 Å². The Hall–Kier alpha value is -1.29. The Kier molecular flexibility index (Phi) is 4.47. The van der Waals surface area contributed by atoms with Crippen LogP contribution >= 0.6 is 0 Å². The molecule has 0 amide bonds. The summed E-state index contributed by atoms with van der Waals surface area (Å²) >= 11 is 0. The Bertz CT molecular complexity index is 469. The minimum atomic E-state index is -5.78. The Morgan fingerprint density at radius 3 is 2.33 bits per heavy atom. The number of piperidine rings is 1. The molecule has 2 N–H and O–H groups in total. The van der Waals surface area contributed by atoms with Gasteiger partial charge in [-0.2, -0.15) is 26.9 Å². The van der Waals surface area contributed by atoms with E-state index in [0.29, 0.717) is 0 Å². The van der Waals surface area contributed by atoms with E-state index in [1.165, 1.54) is 0 Å². The number of hydrogen-bond donors (Lipinski definition) is 1. The molecule has 0 saturated carbocycles. The van der Waals surface area contributed by atoms with Crippen LogP contribution in [0.5, 0.6) is 0 Å². The fourth-order valence-electron chi connectivity index (χ4n) is 2.14. The van der Waals surface area contributed by atoms with Crippen LogP contribution in [0, 0.1) is 0 Å². The smallest absolute Gasteiger partial charge is 0.332 e. The molecule has 0 spiro atoms. The number of nitrogens with two attached hydrogens (primary N) is 1. The third-order valence-electron chi connectivity index (χ3n) is 3.30. The first-order valence-electron chi connectivity index (χ1n) is 6.48. The number of alkyl halides is 5. The van der Waals surface area contributed by atoms with Crippen LogP contribution in [0.1, 0.15) is 37.0 Å². The van der Waals surface area contributed by atoms with Crippen LogP contribution in [0.2, 0.25) is 0 Å². The Labute approximate surface area is 117 Å². The molecule has 5 nitrogen and oxygen atoms in total. The van der Waals surface area contributed by atoms with Crippen molar-refractivity contribution in [3.05, 3.63) is 11.7 Å². The van der Waals surface area contributed by atoms with Gasteiger partial charge in [-0.15, -0.1) is 0 Å². The van der Waals surface area contributed by atoms with Gasteiger partial charge in [0.05, 0.1) is 6.04 Å². The van der Waals surface area contributed by atoms with Crippen molar-refractivity contribution in [1.82, 2.24) is 15.0 Å². The molecular weight excluding hydrogens is 299 g/mol. The quantitative estimate of drug-likeness (QED) is 0.863. The van der Waals surface area contributed by atoms with Gasteiger partial charge in [0, 0.05) is 6.54 Å². The maximum absolute atomic E-state index is 13.0. The predicted octanol–water partition coefficient (Wildman–Crippen LogP) is 2.21. The highest BCUT2D eigenvalue weighted by molar-refractivity contribution is 5.01. The van der Waals surface area contributed by atoms with Gasteiger partial charge in [0.1, 0.15) is 0 Å². The molecule has 1 fully saturated rings. The molecule has 1 unspecified atom stereocenters. The third kappa shape index (κ3) is 3.49. The summed E-state index contributed by atoms with van der Waals surface area (Å²) in [4.78, 5) is 5.11. The fourth-order valence-corrected chi connectivity index (χ4v) is 2.14. The molecule has 1 aliphatic rings. The first-order chi connectivity index (χ1) is 9.72. The van der Waals surface area contributed by atoms with Gasteiger partial charge in [-0.3, -0.25) is 0 Å². The molecule has 2 rings (SSSR count). The van der Waals surface area contributed by atoms with Crippen LogP contribution in [0.3, 0.4) is 0 Å².